The van der Waals surface area contributed by atoms with Gasteiger partial charge in [-0.2, -0.15) is 5.10 Å². The molecular weight excluding hydrogens is 389 g/mol. The molecule has 3 rings (SSSR count). The number of aryl methyl sites for hydroxylation is 1. The monoisotopic (exact) mass is 411 g/mol. The molecule has 1 N–H and O–H groups in total. The van der Waals surface area contributed by atoms with Crippen LogP contribution in [-0.4, -0.2) is 50.9 Å². The number of halogens is 2. The molecule has 26 heavy (non-hydrogen) atoms. The lowest BCUT2D eigenvalue weighted by Crippen LogP contribution is -2.49. The molecule has 2 heterocycles. The molecule has 0 unspecified atom stereocenters. The van der Waals surface area contributed by atoms with Gasteiger partial charge >= 0.3 is 0 Å². The van der Waals surface area contributed by atoms with E-state index in [1.54, 1.807) is 12.1 Å². The Balaban J connectivity index is 1.51. The molecule has 5 nitrogen and oxygen atoms in total. The first-order valence-corrected chi connectivity index (χ1v) is 9.89. The van der Waals surface area contributed by atoms with Crippen LogP contribution in [0.2, 0.25) is 10.0 Å². The molecule has 0 spiro atoms. The summed E-state index contributed by atoms with van der Waals surface area (Å²) in [4.78, 5) is 4.64. The largest absolute Gasteiger partial charge is 0.346 e. The van der Waals surface area contributed by atoms with Crippen molar-refractivity contribution in [2.45, 2.75) is 26.9 Å². The number of nitrogens with one attached hydrogen (secondary N) is 1. The Labute approximate surface area is 169 Å². The van der Waals surface area contributed by atoms with Gasteiger partial charge in [0, 0.05) is 56.2 Å². The Bertz CT molecular complexity index is 784. The van der Waals surface area contributed by atoms with Crippen LogP contribution in [0.3, 0.4) is 0 Å². The number of benzene rings is 1. The topological polar surface area (TPSA) is 36.3 Å². The maximum Gasteiger partial charge on any atom is 0.173 e. The summed E-state index contributed by atoms with van der Waals surface area (Å²) in [6, 6.07) is 5.44. The van der Waals surface area contributed by atoms with Gasteiger partial charge in [0.1, 0.15) is 0 Å². The van der Waals surface area contributed by atoms with E-state index in [0.717, 1.165) is 50.1 Å². The number of hydrogen-bond donors (Lipinski definition) is 1. The predicted octanol–water partition coefficient (Wildman–Crippen LogP) is 4.03. The summed E-state index contributed by atoms with van der Waals surface area (Å²) in [5.74, 6) is 0. The molecule has 1 aromatic carbocycles. The molecule has 0 radical (unpaired) electrons. The molecule has 0 saturated carbocycles. The minimum absolute atomic E-state index is 0.521. The maximum absolute atomic E-state index is 6.06. The molecule has 8 heteroatoms. The zero-order chi connectivity index (χ0) is 18.7. The highest BCUT2D eigenvalue weighted by atomic mass is 35.5. The van der Waals surface area contributed by atoms with Gasteiger partial charge in [0.05, 0.1) is 16.2 Å². The number of nitrogens with zero attached hydrogens (tertiary/aromatic N) is 4. The minimum Gasteiger partial charge on any atom is -0.346 e. The number of piperazine rings is 1. The highest BCUT2D eigenvalue weighted by molar-refractivity contribution is 7.80. The van der Waals surface area contributed by atoms with E-state index in [4.69, 9.17) is 35.4 Å². The van der Waals surface area contributed by atoms with Gasteiger partial charge in [-0.3, -0.25) is 9.58 Å². The van der Waals surface area contributed by atoms with Crippen LogP contribution < -0.4 is 5.32 Å². The van der Waals surface area contributed by atoms with Crippen molar-refractivity contribution < 1.29 is 0 Å². The smallest absolute Gasteiger partial charge is 0.173 e. The van der Waals surface area contributed by atoms with Crippen LogP contribution in [0.15, 0.2) is 24.4 Å². The number of anilines is 1. The zero-order valence-corrected chi connectivity index (χ0v) is 17.3. The van der Waals surface area contributed by atoms with Crippen LogP contribution in [0.25, 0.3) is 0 Å². The summed E-state index contributed by atoms with van der Waals surface area (Å²) < 4.78 is 2.04. The first-order chi connectivity index (χ1) is 12.5. The summed E-state index contributed by atoms with van der Waals surface area (Å²) in [7, 11) is 0. The molecule has 0 bridgehead atoms. The van der Waals surface area contributed by atoms with Gasteiger partial charge in [0.25, 0.3) is 0 Å². The first-order valence-electron chi connectivity index (χ1n) is 8.72. The number of rotatable bonds is 4. The van der Waals surface area contributed by atoms with Crippen LogP contribution in [-0.2, 0) is 13.1 Å². The van der Waals surface area contributed by atoms with Crippen LogP contribution >= 0.6 is 35.4 Å². The van der Waals surface area contributed by atoms with E-state index < -0.39 is 0 Å². The third kappa shape index (κ3) is 4.49. The predicted molar refractivity (Wildman–Crippen MR) is 112 cm³/mol. The van der Waals surface area contributed by atoms with E-state index in [1.807, 2.05) is 16.9 Å². The van der Waals surface area contributed by atoms with E-state index in [-0.39, 0.29) is 0 Å². The molecule has 1 fully saturated rings. The van der Waals surface area contributed by atoms with Crippen LogP contribution in [0.4, 0.5) is 5.69 Å². The molecular formula is C18H23Cl2N5S. The third-order valence-corrected chi connectivity index (χ3v) is 5.83. The first kappa shape index (κ1) is 19.4. The number of aromatic nitrogens is 2. The van der Waals surface area contributed by atoms with Crippen molar-refractivity contribution in [3.63, 3.8) is 0 Å². The van der Waals surface area contributed by atoms with E-state index >= 15 is 0 Å². The van der Waals surface area contributed by atoms with Crippen molar-refractivity contribution in [1.82, 2.24) is 19.6 Å². The lowest BCUT2D eigenvalue weighted by atomic mass is 10.2. The standard InChI is InChI=1S/C18H23Cl2N5S/c1-3-25-13(2)14(11-21-25)12-23-6-8-24(9-7-23)18(26)22-15-4-5-16(19)17(20)10-15/h4-5,10-11H,3,6-9,12H2,1-2H3,(H,22,26). The van der Waals surface area contributed by atoms with Gasteiger partial charge in [-0.1, -0.05) is 23.2 Å². The van der Waals surface area contributed by atoms with E-state index in [2.05, 4.69) is 34.1 Å². The average molecular weight is 412 g/mol. The molecule has 140 valence electrons. The highest BCUT2D eigenvalue weighted by Gasteiger charge is 2.20. The van der Waals surface area contributed by atoms with E-state index in [0.29, 0.717) is 10.0 Å². The molecule has 1 aliphatic heterocycles. The lowest BCUT2D eigenvalue weighted by Gasteiger charge is -2.36. The van der Waals surface area contributed by atoms with Crippen molar-refractivity contribution in [1.29, 1.82) is 0 Å². The summed E-state index contributed by atoms with van der Waals surface area (Å²) in [5, 5.41) is 9.46. The van der Waals surface area contributed by atoms with E-state index in [1.165, 1.54) is 11.3 Å². The quantitative estimate of drug-likeness (QED) is 0.768. The van der Waals surface area contributed by atoms with Gasteiger partial charge in [-0.25, -0.2) is 0 Å². The Hall–Kier alpha value is -1.34. The Morgan fingerprint density at radius 3 is 2.54 bits per heavy atom. The number of hydrogen-bond acceptors (Lipinski definition) is 3. The Morgan fingerprint density at radius 2 is 1.92 bits per heavy atom. The van der Waals surface area contributed by atoms with Gasteiger partial charge in [0.15, 0.2) is 5.11 Å². The summed E-state index contributed by atoms with van der Waals surface area (Å²) >= 11 is 17.6. The molecule has 2 aromatic rings. The van der Waals surface area contributed by atoms with Crippen molar-refractivity contribution in [2.75, 3.05) is 31.5 Å². The second-order valence-electron chi connectivity index (χ2n) is 6.39. The highest BCUT2D eigenvalue weighted by Crippen LogP contribution is 2.25. The molecule has 0 aliphatic carbocycles. The van der Waals surface area contributed by atoms with Crippen LogP contribution in [0.5, 0.6) is 0 Å². The fourth-order valence-corrected chi connectivity index (χ4v) is 3.68. The number of thiocarbonyl (C=S) groups is 1. The van der Waals surface area contributed by atoms with Gasteiger partial charge in [-0.05, 0) is 44.3 Å². The average Bonchev–Trinajstić information content (AvgIpc) is 2.98. The fraction of sp³-hybridized carbons (Fsp3) is 0.444. The molecule has 0 amide bonds. The second kappa shape index (κ2) is 8.57. The molecule has 0 atom stereocenters. The second-order valence-corrected chi connectivity index (χ2v) is 7.59. The maximum atomic E-state index is 6.06. The van der Waals surface area contributed by atoms with Crippen LogP contribution in [0.1, 0.15) is 18.2 Å². The summed E-state index contributed by atoms with van der Waals surface area (Å²) in [6.07, 6.45) is 1.99. The molecule has 1 saturated heterocycles. The zero-order valence-electron chi connectivity index (χ0n) is 15.0. The van der Waals surface area contributed by atoms with Crippen molar-refractivity contribution in [3.05, 3.63) is 45.7 Å². The molecule has 1 aliphatic rings. The van der Waals surface area contributed by atoms with Crippen LogP contribution in [0, 0.1) is 6.92 Å². The van der Waals surface area contributed by atoms with Gasteiger partial charge in [-0.15, -0.1) is 0 Å². The third-order valence-electron chi connectivity index (χ3n) is 4.73. The normalized spacial score (nSPS) is 15.3. The Kier molecular flexibility index (Phi) is 6.40. The van der Waals surface area contributed by atoms with Crippen molar-refractivity contribution >= 4 is 46.2 Å². The van der Waals surface area contributed by atoms with Gasteiger partial charge in [0.2, 0.25) is 0 Å². The SMILES string of the molecule is CCn1ncc(CN2CCN(C(=S)Nc3ccc(Cl)c(Cl)c3)CC2)c1C. The summed E-state index contributed by atoms with van der Waals surface area (Å²) in [5.41, 5.74) is 3.41. The Morgan fingerprint density at radius 1 is 1.19 bits per heavy atom. The molecule has 1 aromatic heterocycles. The van der Waals surface area contributed by atoms with Crippen molar-refractivity contribution in [3.8, 4) is 0 Å². The lowest BCUT2D eigenvalue weighted by molar-refractivity contribution is 0.176. The fourth-order valence-electron chi connectivity index (χ4n) is 3.09. The minimum atomic E-state index is 0.521. The van der Waals surface area contributed by atoms with Gasteiger partial charge < -0.3 is 10.2 Å². The van der Waals surface area contributed by atoms with E-state index in [9.17, 15) is 0 Å². The van der Waals surface area contributed by atoms with Crippen molar-refractivity contribution in [2.24, 2.45) is 0 Å². The summed E-state index contributed by atoms with van der Waals surface area (Å²) in [6.45, 7) is 9.84.